The molecule has 3 heteroatoms. The van der Waals surface area contributed by atoms with E-state index in [9.17, 15) is 4.79 Å². The number of likely N-dealkylation sites (N-methyl/N-ethyl adjacent to an activating group) is 1. The van der Waals surface area contributed by atoms with Crippen LogP contribution in [0.15, 0.2) is 12.7 Å². The van der Waals surface area contributed by atoms with Gasteiger partial charge in [0.05, 0.1) is 20.1 Å². The van der Waals surface area contributed by atoms with Crippen molar-refractivity contribution in [2.45, 2.75) is 90.9 Å². The minimum absolute atomic E-state index is 0.305. The van der Waals surface area contributed by atoms with Gasteiger partial charge in [0.15, 0.2) is 0 Å². The molecule has 0 spiro atoms. The summed E-state index contributed by atoms with van der Waals surface area (Å²) >= 11 is 0. The molecule has 0 aliphatic rings. The van der Waals surface area contributed by atoms with Gasteiger partial charge in [-0.2, -0.15) is 0 Å². The van der Waals surface area contributed by atoms with E-state index in [4.69, 9.17) is 4.74 Å². The average molecular weight is 355 g/mol. The first-order valence-electron chi connectivity index (χ1n) is 10.7. The Hall–Kier alpha value is -0.830. The molecule has 0 saturated heterocycles. The summed E-state index contributed by atoms with van der Waals surface area (Å²) in [6.45, 7) is 11.8. The molecular formula is C22H44NO2+. The van der Waals surface area contributed by atoms with E-state index >= 15 is 0 Å². The molecule has 0 saturated carbocycles. The molecule has 25 heavy (non-hydrogen) atoms. The second-order valence-corrected chi connectivity index (χ2v) is 7.70. The molecule has 0 fully saturated rings. The van der Waals surface area contributed by atoms with E-state index in [0.717, 1.165) is 11.0 Å². The molecule has 0 aliphatic carbocycles. The molecule has 0 aromatic carbocycles. The summed E-state index contributed by atoms with van der Waals surface area (Å²) in [7, 11) is 2.31. The Morgan fingerprint density at radius 3 is 1.80 bits per heavy atom. The highest BCUT2D eigenvalue weighted by Gasteiger charge is 2.20. The molecule has 0 N–H and O–H groups in total. The quantitative estimate of drug-likeness (QED) is 0.133. The SMILES string of the molecule is C=CC(=O)OCC[N+](C)(CCCC)CCCCCCCCCCCC. The molecule has 0 radical (unpaired) electrons. The molecule has 1 atom stereocenters. The molecule has 0 rings (SSSR count). The average Bonchev–Trinajstić information content (AvgIpc) is 2.61. The number of quaternary nitrogens is 1. The monoisotopic (exact) mass is 354 g/mol. The summed E-state index contributed by atoms with van der Waals surface area (Å²) in [6, 6.07) is 0. The Morgan fingerprint density at radius 2 is 1.28 bits per heavy atom. The van der Waals surface area contributed by atoms with Gasteiger partial charge in [-0.05, 0) is 19.3 Å². The molecule has 0 heterocycles. The smallest absolute Gasteiger partial charge is 0.330 e. The first kappa shape index (κ1) is 24.2. The van der Waals surface area contributed by atoms with Crippen LogP contribution in [0.1, 0.15) is 90.9 Å². The van der Waals surface area contributed by atoms with E-state index in [2.05, 4.69) is 27.5 Å². The number of hydrogen-bond donors (Lipinski definition) is 0. The Morgan fingerprint density at radius 1 is 0.800 bits per heavy atom. The lowest BCUT2D eigenvalue weighted by Crippen LogP contribution is -2.48. The highest BCUT2D eigenvalue weighted by atomic mass is 16.5. The van der Waals surface area contributed by atoms with Crippen LogP contribution in [0.2, 0.25) is 0 Å². The minimum Gasteiger partial charge on any atom is -0.457 e. The van der Waals surface area contributed by atoms with E-state index < -0.39 is 0 Å². The fraction of sp³-hybridized carbons (Fsp3) is 0.864. The highest BCUT2D eigenvalue weighted by Crippen LogP contribution is 2.13. The summed E-state index contributed by atoms with van der Waals surface area (Å²) in [5, 5.41) is 0. The maximum Gasteiger partial charge on any atom is 0.330 e. The molecule has 0 aliphatic heterocycles. The molecule has 1 unspecified atom stereocenters. The third-order valence-electron chi connectivity index (χ3n) is 5.15. The first-order valence-corrected chi connectivity index (χ1v) is 10.7. The van der Waals surface area contributed by atoms with Crippen LogP contribution in [0.3, 0.4) is 0 Å². The van der Waals surface area contributed by atoms with Gasteiger partial charge in [-0.25, -0.2) is 4.79 Å². The molecular weight excluding hydrogens is 310 g/mol. The van der Waals surface area contributed by atoms with Crippen LogP contribution in [0.5, 0.6) is 0 Å². The van der Waals surface area contributed by atoms with Crippen molar-refractivity contribution < 1.29 is 14.0 Å². The van der Waals surface area contributed by atoms with Gasteiger partial charge in [-0.3, -0.25) is 0 Å². The molecule has 148 valence electrons. The number of esters is 1. The third kappa shape index (κ3) is 15.2. The Labute approximate surface area is 157 Å². The molecule has 0 aromatic rings. The van der Waals surface area contributed by atoms with Gasteiger partial charge in [0.1, 0.15) is 13.2 Å². The zero-order valence-corrected chi connectivity index (χ0v) is 17.4. The minimum atomic E-state index is -0.305. The van der Waals surface area contributed by atoms with E-state index in [-0.39, 0.29) is 5.97 Å². The number of ether oxygens (including phenoxy) is 1. The summed E-state index contributed by atoms with van der Waals surface area (Å²) in [4.78, 5) is 11.2. The fourth-order valence-corrected chi connectivity index (χ4v) is 3.28. The lowest BCUT2D eigenvalue weighted by molar-refractivity contribution is -0.910. The maximum atomic E-state index is 11.2. The van der Waals surface area contributed by atoms with E-state index in [1.165, 1.54) is 96.2 Å². The normalized spacial score (nSPS) is 13.4. The van der Waals surface area contributed by atoms with Gasteiger partial charge in [0.25, 0.3) is 0 Å². The van der Waals surface area contributed by atoms with Crippen LogP contribution in [0.4, 0.5) is 0 Å². The molecule has 0 aromatic heterocycles. The predicted octanol–water partition coefficient (Wildman–Crippen LogP) is 5.88. The summed E-state index contributed by atoms with van der Waals surface area (Å²) < 4.78 is 6.22. The standard InChI is InChI=1S/C22H44NO2/c1-5-8-10-11-12-13-14-15-16-17-19-23(4,18-9-6-2)20-21-25-22(24)7-3/h7H,3,5-6,8-21H2,1-2,4H3/q+1. The van der Waals surface area contributed by atoms with Crippen LogP contribution in [0.25, 0.3) is 0 Å². The Kier molecular flexibility index (Phi) is 16.1. The van der Waals surface area contributed by atoms with Crippen molar-refractivity contribution in [1.82, 2.24) is 0 Å². The lowest BCUT2D eigenvalue weighted by atomic mass is 10.1. The van der Waals surface area contributed by atoms with Gasteiger partial charge in [-0.15, -0.1) is 0 Å². The fourth-order valence-electron chi connectivity index (χ4n) is 3.28. The molecule has 0 amide bonds. The van der Waals surface area contributed by atoms with E-state index in [1.54, 1.807) is 0 Å². The number of unbranched alkanes of at least 4 members (excludes halogenated alkanes) is 10. The van der Waals surface area contributed by atoms with Gasteiger partial charge in [0.2, 0.25) is 0 Å². The second-order valence-electron chi connectivity index (χ2n) is 7.70. The predicted molar refractivity (Wildman–Crippen MR) is 109 cm³/mol. The molecule has 3 nitrogen and oxygen atoms in total. The number of nitrogens with zero attached hydrogens (tertiary/aromatic N) is 1. The van der Waals surface area contributed by atoms with Crippen LogP contribution < -0.4 is 0 Å². The summed E-state index contributed by atoms with van der Waals surface area (Å²) in [5.41, 5.74) is 0. The Balaban J connectivity index is 3.83. The van der Waals surface area contributed by atoms with Crippen molar-refractivity contribution >= 4 is 5.97 Å². The number of carbonyl (C=O) groups is 1. The zero-order chi connectivity index (χ0) is 18.8. The van der Waals surface area contributed by atoms with E-state index in [1.807, 2.05) is 0 Å². The third-order valence-corrected chi connectivity index (χ3v) is 5.15. The van der Waals surface area contributed by atoms with Gasteiger partial charge >= 0.3 is 5.97 Å². The number of hydrogen-bond acceptors (Lipinski definition) is 2. The van der Waals surface area contributed by atoms with Crippen molar-refractivity contribution in [2.24, 2.45) is 0 Å². The summed E-state index contributed by atoms with van der Waals surface area (Å²) in [6.07, 6.45) is 17.5. The topological polar surface area (TPSA) is 26.3 Å². The number of carbonyl (C=O) groups excluding carboxylic acids is 1. The van der Waals surface area contributed by atoms with Crippen molar-refractivity contribution in [3.8, 4) is 0 Å². The Bertz CT molecular complexity index is 330. The van der Waals surface area contributed by atoms with Gasteiger partial charge in [0, 0.05) is 6.08 Å². The van der Waals surface area contributed by atoms with Crippen molar-refractivity contribution in [3.05, 3.63) is 12.7 Å². The molecule has 0 bridgehead atoms. The summed E-state index contributed by atoms with van der Waals surface area (Å²) in [5.74, 6) is -0.305. The first-order chi connectivity index (χ1) is 12.1. The van der Waals surface area contributed by atoms with Gasteiger partial charge in [-0.1, -0.05) is 78.2 Å². The van der Waals surface area contributed by atoms with Crippen molar-refractivity contribution in [2.75, 3.05) is 33.3 Å². The van der Waals surface area contributed by atoms with Crippen molar-refractivity contribution in [1.29, 1.82) is 0 Å². The lowest BCUT2D eigenvalue weighted by Gasteiger charge is -2.34. The largest absolute Gasteiger partial charge is 0.457 e. The zero-order valence-electron chi connectivity index (χ0n) is 17.4. The number of rotatable bonds is 18. The maximum absolute atomic E-state index is 11.2. The van der Waals surface area contributed by atoms with Crippen LogP contribution in [0, 0.1) is 0 Å². The van der Waals surface area contributed by atoms with Crippen molar-refractivity contribution in [3.63, 3.8) is 0 Å². The van der Waals surface area contributed by atoms with Gasteiger partial charge < -0.3 is 9.22 Å². The van der Waals surface area contributed by atoms with Crippen LogP contribution in [-0.2, 0) is 9.53 Å². The highest BCUT2D eigenvalue weighted by molar-refractivity contribution is 5.81. The van der Waals surface area contributed by atoms with E-state index in [0.29, 0.717) is 6.61 Å². The van der Waals surface area contributed by atoms with Crippen LogP contribution >= 0.6 is 0 Å². The second kappa shape index (κ2) is 16.6. The van der Waals surface area contributed by atoms with Crippen LogP contribution in [-0.4, -0.2) is 43.7 Å².